The Morgan fingerprint density at radius 1 is 1.29 bits per heavy atom. The summed E-state index contributed by atoms with van der Waals surface area (Å²) in [5.41, 5.74) is -0.157. The van der Waals surface area contributed by atoms with Crippen molar-refractivity contribution < 1.29 is 19.4 Å². The van der Waals surface area contributed by atoms with Crippen molar-refractivity contribution in [1.82, 2.24) is 10.2 Å². The maximum Gasteiger partial charge on any atom is 0.317 e. The minimum absolute atomic E-state index is 0.0103. The lowest BCUT2D eigenvalue weighted by atomic mass is 9.91. The van der Waals surface area contributed by atoms with Crippen LogP contribution in [0.15, 0.2) is 0 Å². The molecule has 2 saturated heterocycles. The van der Waals surface area contributed by atoms with Gasteiger partial charge in [0.1, 0.15) is 0 Å². The van der Waals surface area contributed by atoms with Gasteiger partial charge in [0, 0.05) is 38.3 Å². The summed E-state index contributed by atoms with van der Waals surface area (Å²) in [7, 11) is 0. The first-order valence-electron chi connectivity index (χ1n) is 7.85. The van der Waals surface area contributed by atoms with E-state index in [1.807, 2.05) is 4.90 Å². The van der Waals surface area contributed by atoms with Crippen LogP contribution in [0.1, 0.15) is 45.4 Å². The summed E-state index contributed by atoms with van der Waals surface area (Å²) in [4.78, 5) is 24.8. The number of hydrogen-bond donors (Lipinski definition) is 2. The van der Waals surface area contributed by atoms with E-state index >= 15 is 0 Å². The van der Waals surface area contributed by atoms with Crippen molar-refractivity contribution in [3.63, 3.8) is 0 Å². The number of carboxylic acid groups (broad SMARTS) is 1. The zero-order valence-corrected chi connectivity index (χ0v) is 12.8. The number of carboxylic acids is 1. The molecular weight excluding hydrogens is 272 g/mol. The van der Waals surface area contributed by atoms with E-state index in [2.05, 4.69) is 12.2 Å². The van der Waals surface area contributed by atoms with Crippen LogP contribution >= 0.6 is 0 Å². The van der Waals surface area contributed by atoms with E-state index in [9.17, 15) is 9.59 Å². The number of carbonyl (C=O) groups excluding carboxylic acids is 1. The van der Waals surface area contributed by atoms with Crippen molar-refractivity contribution in [2.45, 2.75) is 51.0 Å². The van der Waals surface area contributed by atoms with Crippen LogP contribution < -0.4 is 5.32 Å². The number of nitrogens with zero attached hydrogens (tertiary/aromatic N) is 1. The average molecular weight is 298 g/mol. The van der Waals surface area contributed by atoms with E-state index in [0.29, 0.717) is 19.1 Å². The maximum atomic E-state index is 12.3. The number of likely N-dealkylation sites (tertiary alicyclic amines) is 1. The molecule has 0 radical (unpaired) electrons. The van der Waals surface area contributed by atoms with Crippen LogP contribution in [-0.2, 0) is 9.53 Å². The molecule has 0 aromatic heterocycles. The molecule has 0 spiro atoms. The fourth-order valence-electron chi connectivity index (χ4n) is 3.04. The molecule has 2 fully saturated rings. The number of piperidine rings is 1. The number of amides is 2. The Balaban J connectivity index is 1.73. The summed E-state index contributed by atoms with van der Waals surface area (Å²) in [6, 6.07) is 0.0103. The molecule has 2 aliphatic rings. The van der Waals surface area contributed by atoms with Gasteiger partial charge in [-0.1, -0.05) is 0 Å². The molecule has 2 rings (SSSR count). The van der Waals surface area contributed by atoms with Crippen molar-refractivity contribution in [1.29, 1.82) is 0 Å². The van der Waals surface area contributed by atoms with Crippen LogP contribution in [0.3, 0.4) is 0 Å². The summed E-state index contributed by atoms with van der Waals surface area (Å²) < 4.78 is 5.34. The van der Waals surface area contributed by atoms with E-state index < -0.39 is 5.97 Å². The predicted octanol–water partition coefficient (Wildman–Crippen LogP) is 1.84. The molecule has 2 aliphatic heterocycles. The monoisotopic (exact) mass is 298 g/mol. The predicted molar refractivity (Wildman–Crippen MR) is 78.2 cm³/mol. The minimum Gasteiger partial charge on any atom is -0.481 e. The molecule has 0 aromatic carbocycles. The quantitative estimate of drug-likeness (QED) is 0.830. The molecule has 6 nitrogen and oxygen atoms in total. The number of urea groups is 1. The highest BCUT2D eigenvalue weighted by atomic mass is 16.5. The Hall–Kier alpha value is -1.30. The van der Waals surface area contributed by atoms with Crippen molar-refractivity contribution in [2.75, 3.05) is 26.3 Å². The zero-order chi connectivity index (χ0) is 15.3. The molecule has 6 heteroatoms. The second kappa shape index (κ2) is 7.11. The summed E-state index contributed by atoms with van der Waals surface area (Å²) in [6.45, 7) is 4.93. The number of carbonyl (C=O) groups is 2. The Labute approximate surface area is 125 Å². The van der Waals surface area contributed by atoms with Crippen LogP contribution in [-0.4, -0.2) is 53.8 Å². The Morgan fingerprint density at radius 2 is 1.90 bits per heavy atom. The summed E-state index contributed by atoms with van der Waals surface area (Å²) >= 11 is 0. The number of aliphatic carboxylic acids is 1. The molecule has 2 N–H and O–H groups in total. The first kappa shape index (κ1) is 16.1. The standard InChI is InChI=1S/C15H26N2O4/c1-15(6-10-21-11-7-15)16-14(20)17-8-4-12(5-9-17)2-3-13(18)19/h12H,2-11H2,1H3,(H,16,20)(H,18,19). The molecule has 120 valence electrons. The zero-order valence-electron chi connectivity index (χ0n) is 12.8. The average Bonchev–Trinajstić information content (AvgIpc) is 2.46. The Morgan fingerprint density at radius 3 is 2.48 bits per heavy atom. The second-order valence-electron chi connectivity index (χ2n) is 6.47. The van der Waals surface area contributed by atoms with Crippen LogP contribution in [0.25, 0.3) is 0 Å². The van der Waals surface area contributed by atoms with E-state index in [4.69, 9.17) is 9.84 Å². The molecule has 21 heavy (non-hydrogen) atoms. The molecule has 0 aromatic rings. The maximum absolute atomic E-state index is 12.3. The van der Waals surface area contributed by atoms with Crippen LogP contribution in [0.2, 0.25) is 0 Å². The lowest BCUT2D eigenvalue weighted by Crippen LogP contribution is -2.55. The van der Waals surface area contributed by atoms with E-state index in [0.717, 1.165) is 45.2 Å². The van der Waals surface area contributed by atoms with Crippen molar-refractivity contribution in [3.8, 4) is 0 Å². The van der Waals surface area contributed by atoms with Gasteiger partial charge >= 0.3 is 12.0 Å². The molecule has 2 amide bonds. The van der Waals surface area contributed by atoms with Crippen LogP contribution in [0, 0.1) is 5.92 Å². The van der Waals surface area contributed by atoms with Gasteiger partial charge in [0.25, 0.3) is 0 Å². The van der Waals surface area contributed by atoms with Gasteiger partial charge in [0.15, 0.2) is 0 Å². The van der Waals surface area contributed by atoms with Crippen molar-refractivity contribution in [2.24, 2.45) is 5.92 Å². The van der Waals surface area contributed by atoms with Gasteiger partial charge < -0.3 is 20.1 Å². The first-order chi connectivity index (χ1) is 9.98. The van der Waals surface area contributed by atoms with E-state index in [-0.39, 0.29) is 18.0 Å². The summed E-state index contributed by atoms with van der Waals surface area (Å²) in [5.74, 6) is -0.300. The summed E-state index contributed by atoms with van der Waals surface area (Å²) in [5, 5.41) is 11.9. The lowest BCUT2D eigenvalue weighted by molar-refractivity contribution is -0.137. The molecular formula is C15H26N2O4. The Bertz CT molecular complexity index is 372. The largest absolute Gasteiger partial charge is 0.481 e. The van der Waals surface area contributed by atoms with Gasteiger partial charge in [-0.05, 0) is 44.9 Å². The van der Waals surface area contributed by atoms with Gasteiger partial charge in [0.2, 0.25) is 0 Å². The third kappa shape index (κ3) is 4.88. The third-order valence-electron chi connectivity index (χ3n) is 4.67. The van der Waals surface area contributed by atoms with E-state index in [1.54, 1.807) is 0 Å². The number of rotatable bonds is 4. The van der Waals surface area contributed by atoms with Gasteiger partial charge in [0.05, 0.1) is 0 Å². The molecule has 0 saturated carbocycles. The molecule has 0 bridgehead atoms. The number of ether oxygens (including phenoxy) is 1. The smallest absolute Gasteiger partial charge is 0.317 e. The number of hydrogen-bond acceptors (Lipinski definition) is 3. The number of nitrogens with one attached hydrogen (secondary N) is 1. The minimum atomic E-state index is -0.734. The molecule has 0 atom stereocenters. The SMILES string of the molecule is CC1(NC(=O)N2CCC(CCC(=O)O)CC2)CCOCC1. The van der Waals surface area contributed by atoms with Gasteiger partial charge in [-0.2, -0.15) is 0 Å². The topological polar surface area (TPSA) is 78.9 Å². The third-order valence-corrected chi connectivity index (χ3v) is 4.67. The van der Waals surface area contributed by atoms with Gasteiger partial charge in [-0.15, -0.1) is 0 Å². The first-order valence-corrected chi connectivity index (χ1v) is 7.85. The molecule has 0 aliphatic carbocycles. The molecule has 2 heterocycles. The fourth-order valence-corrected chi connectivity index (χ4v) is 3.04. The van der Waals surface area contributed by atoms with Crippen LogP contribution in [0.4, 0.5) is 4.79 Å². The highest BCUT2D eigenvalue weighted by Crippen LogP contribution is 2.24. The van der Waals surface area contributed by atoms with Crippen molar-refractivity contribution >= 4 is 12.0 Å². The van der Waals surface area contributed by atoms with Crippen molar-refractivity contribution in [3.05, 3.63) is 0 Å². The lowest BCUT2D eigenvalue weighted by Gasteiger charge is -2.38. The molecule has 0 unspecified atom stereocenters. The Kier molecular flexibility index (Phi) is 5.45. The normalized spacial score (nSPS) is 22.8. The van der Waals surface area contributed by atoms with Gasteiger partial charge in [-0.25, -0.2) is 4.79 Å². The fraction of sp³-hybridized carbons (Fsp3) is 0.867. The highest BCUT2D eigenvalue weighted by Gasteiger charge is 2.31. The highest BCUT2D eigenvalue weighted by molar-refractivity contribution is 5.75. The second-order valence-corrected chi connectivity index (χ2v) is 6.47. The van der Waals surface area contributed by atoms with E-state index in [1.165, 1.54) is 0 Å². The van der Waals surface area contributed by atoms with Crippen LogP contribution in [0.5, 0.6) is 0 Å². The van der Waals surface area contributed by atoms with Gasteiger partial charge in [-0.3, -0.25) is 4.79 Å². The summed E-state index contributed by atoms with van der Waals surface area (Å²) in [6.07, 6.45) is 4.47.